The van der Waals surface area contributed by atoms with Gasteiger partial charge in [0.2, 0.25) is 0 Å². The average Bonchev–Trinajstić information content (AvgIpc) is 2.44. The lowest BCUT2D eigenvalue weighted by Crippen LogP contribution is -2.14. The molecule has 0 amide bonds. The van der Waals surface area contributed by atoms with Crippen LogP contribution in [-0.4, -0.2) is 5.78 Å². The van der Waals surface area contributed by atoms with Crippen LogP contribution in [0, 0.1) is 29.9 Å². The minimum absolute atomic E-state index is 0.150. The Hall–Kier alpha value is -2.25. The first-order valence-corrected chi connectivity index (χ1v) is 6.47. The molecule has 1 atom stereocenters. The van der Waals surface area contributed by atoms with Crippen molar-refractivity contribution < 1.29 is 13.6 Å². The van der Waals surface area contributed by atoms with E-state index in [4.69, 9.17) is 11.6 Å². The second kappa shape index (κ2) is 6.02. The molecule has 5 heteroatoms. The van der Waals surface area contributed by atoms with Crippen molar-refractivity contribution in [3.8, 4) is 6.07 Å². The van der Waals surface area contributed by atoms with Crippen LogP contribution in [0.25, 0.3) is 0 Å². The second-order valence-corrected chi connectivity index (χ2v) is 4.91. The zero-order chi connectivity index (χ0) is 15.6. The highest BCUT2D eigenvalue weighted by Crippen LogP contribution is 2.27. The number of ketones is 1. The molecule has 0 bridgehead atoms. The third-order valence-electron chi connectivity index (χ3n) is 3.20. The van der Waals surface area contributed by atoms with Crippen LogP contribution < -0.4 is 0 Å². The van der Waals surface area contributed by atoms with Crippen LogP contribution in [0.4, 0.5) is 8.78 Å². The van der Waals surface area contributed by atoms with Gasteiger partial charge in [-0.15, -0.1) is 0 Å². The zero-order valence-corrected chi connectivity index (χ0v) is 11.8. The van der Waals surface area contributed by atoms with E-state index in [9.17, 15) is 18.8 Å². The lowest BCUT2D eigenvalue weighted by Gasteiger charge is -2.12. The van der Waals surface area contributed by atoms with Crippen LogP contribution in [0.2, 0.25) is 5.02 Å². The molecular formula is C16H10ClF2NO. The maximum Gasteiger partial charge on any atom is 0.184 e. The Labute approximate surface area is 125 Å². The first-order chi connectivity index (χ1) is 9.95. The molecule has 0 saturated carbocycles. The summed E-state index contributed by atoms with van der Waals surface area (Å²) in [6, 6.07) is 9.26. The van der Waals surface area contributed by atoms with Crippen molar-refractivity contribution in [3.05, 3.63) is 69.7 Å². The third kappa shape index (κ3) is 2.93. The van der Waals surface area contributed by atoms with E-state index in [1.54, 1.807) is 25.1 Å². The summed E-state index contributed by atoms with van der Waals surface area (Å²) >= 11 is 5.95. The number of benzene rings is 2. The summed E-state index contributed by atoms with van der Waals surface area (Å²) in [4.78, 5) is 12.4. The molecular weight excluding hydrogens is 296 g/mol. The van der Waals surface area contributed by atoms with Crippen LogP contribution in [0.15, 0.2) is 36.4 Å². The monoisotopic (exact) mass is 305 g/mol. The van der Waals surface area contributed by atoms with Crippen molar-refractivity contribution in [1.29, 1.82) is 5.26 Å². The van der Waals surface area contributed by atoms with Crippen molar-refractivity contribution in [2.45, 2.75) is 12.8 Å². The summed E-state index contributed by atoms with van der Waals surface area (Å²) in [5.74, 6) is -3.60. The number of rotatable bonds is 3. The number of halogens is 3. The average molecular weight is 306 g/mol. The van der Waals surface area contributed by atoms with E-state index in [2.05, 4.69) is 0 Å². The molecule has 0 aromatic heterocycles. The molecule has 2 rings (SSSR count). The van der Waals surface area contributed by atoms with Crippen LogP contribution in [0.5, 0.6) is 0 Å². The normalized spacial score (nSPS) is 11.8. The van der Waals surface area contributed by atoms with E-state index in [0.29, 0.717) is 16.7 Å². The second-order valence-electron chi connectivity index (χ2n) is 4.50. The molecule has 2 aromatic carbocycles. The van der Waals surface area contributed by atoms with Gasteiger partial charge in [0.15, 0.2) is 5.78 Å². The fourth-order valence-corrected chi connectivity index (χ4v) is 2.21. The Balaban J connectivity index is 2.49. The standard InChI is InChI=1S/C16H10ClF2NO/c1-9-11(3-2-4-14(9)17)16(21)13(8-20)12-6-5-10(18)7-15(12)19/h2-7,13H,1H3. The van der Waals surface area contributed by atoms with Gasteiger partial charge in [0, 0.05) is 22.2 Å². The predicted molar refractivity (Wildman–Crippen MR) is 75.2 cm³/mol. The first kappa shape index (κ1) is 15.1. The van der Waals surface area contributed by atoms with E-state index in [1.165, 1.54) is 6.07 Å². The molecule has 0 N–H and O–H groups in total. The zero-order valence-electron chi connectivity index (χ0n) is 11.0. The molecule has 0 fully saturated rings. The number of hydrogen-bond acceptors (Lipinski definition) is 2. The van der Waals surface area contributed by atoms with E-state index >= 15 is 0 Å². The lowest BCUT2D eigenvalue weighted by molar-refractivity contribution is 0.0977. The summed E-state index contributed by atoms with van der Waals surface area (Å²) in [6.45, 7) is 1.64. The van der Waals surface area contributed by atoms with E-state index in [-0.39, 0.29) is 11.1 Å². The van der Waals surface area contributed by atoms with Gasteiger partial charge in [0.1, 0.15) is 17.6 Å². The minimum Gasteiger partial charge on any atom is -0.292 e. The van der Waals surface area contributed by atoms with Crippen molar-refractivity contribution >= 4 is 17.4 Å². The number of Topliss-reactive ketones (excluding diaryl/α,β-unsaturated/α-hetero) is 1. The molecule has 0 heterocycles. The van der Waals surface area contributed by atoms with Gasteiger partial charge in [-0.3, -0.25) is 4.79 Å². The molecule has 106 valence electrons. The molecule has 0 aliphatic heterocycles. The number of nitriles is 1. The summed E-state index contributed by atoms with van der Waals surface area (Å²) < 4.78 is 26.7. The number of nitrogens with zero attached hydrogens (tertiary/aromatic N) is 1. The van der Waals surface area contributed by atoms with E-state index in [0.717, 1.165) is 12.1 Å². The Morgan fingerprint density at radius 2 is 2.00 bits per heavy atom. The fraction of sp³-hybridized carbons (Fsp3) is 0.125. The molecule has 2 aromatic rings. The smallest absolute Gasteiger partial charge is 0.184 e. The summed E-state index contributed by atoms with van der Waals surface area (Å²) in [5.41, 5.74) is 0.619. The van der Waals surface area contributed by atoms with Gasteiger partial charge in [-0.2, -0.15) is 5.26 Å². The molecule has 2 nitrogen and oxygen atoms in total. The fourth-order valence-electron chi connectivity index (χ4n) is 2.03. The molecule has 0 spiro atoms. The van der Waals surface area contributed by atoms with Gasteiger partial charge in [0.05, 0.1) is 6.07 Å². The van der Waals surface area contributed by atoms with E-state index in [1.807, 2.05) is 0 Å². The highest BCUT2D eigenvalue weighted by Gasteiger charge is 2.26. The maximum absolute atomic E-state index is 13.8. The Morgan fingerprint density at radius 1 is 1.29 bits per heavy atom. The van der Waals surface area contributed by atoms with Crippen molar-refractivity contribution in [3.63, 3.8) is 0 Å². The van der Waals surface area contributed by atoms with Gasteiger partial charge in [-0.1, -0.05) is 29.8 Å². The van der Waals surface area contributed by atoms with Gasteiger partial charge < -0.3 is 0 Å². The molecule has 0 radical (unpaired) electrons. The molecule has 0 aliphatic rings. The molecule has 0 aliphatic carbocycles. The van der Waals surface area contributed by atoms with Crippen LogP contribution in [-0.2, 0) is 0 Å². The number of carbonyl (C=O) groups is 1. The Kier molecular flexibility index (Phi) is 4.35. The van der Waals surface area contributed by atoms with Crippen molar-refractivity contribution in [2.24, 2.45) is 0 Å². The summed E-state index contributed by atoms with van der Waals surface area (Å²) in [7, 11) is 0. The highest BCUT2D eigenvalue weighted by molar-refractivity contribution is 6.32. The minimum atomic E-state index is -1.34. The third-order valence-corrected chi connectivity index (χ3v) is 3.61. The largest absolute Gasteiger partial charge is 0.292 e. The number of hydrogen-bond donors (Lipinski definition) is 0. The maximum atomic E-state index is 13.8. The molecule has 1 unspecified atom stereocenters. The van der Waals surface area contributed by atoms with Gasteiger partial charge in [-0.05, 0) is 24.6 Å². The van der Waals surface area contributed by atoms with Crippen molar-refractivity contribution in [1.82, 2.24) is 0 Å². The van der Waals surface area contributed by atoms with Crippen LogP contribution in [0.3, 0.4) is 0 Å². The Morgan fingerprint density at radius 3 is 2.62 bits per heavy atom. The SMILES string of the molecule is Cc1c(Cl)cccc1C(=O)C(C#N)c1ccc(F)cc1F. The topological polar surface area (TPSA) is 40.9 Å². The Bertz CT molecular complexity index is 752. The van der Waals surface area contributed by atoms with Gasteiger partial charge >= 0.3 is 0 Å². The van der Waals surface area contributed by atoms with E-state index < -0.39 is 23.3 Å². The summed E-state index contributed by atoms with van der Waals surface area (Å²) in [6.07, 6.45) is 0. The van der Waals surface area contributed by atoms with Crippen molar-refractivity contribution in [2.75, 3.05) is 0 Å². The molecule has 21 heavy (non-hydrogen) atoms. The number of carbonyl (C=O) groups excluding carboxylic acids is 1. The van der Waals surface area contributed by atoms with Gasteiger partial charge in [0.25, 0.3) is 0 Å². The first-order valence-electron chi connectivity index (χ1n) is 6.09. The molecule has 0 saturated heterocycles. The van der Waals surface area contributed by atoms with Crippen LogP contribution in [0.1, 0.15) is 27.4 Å². The quantitative estimate of drug-likeness (QED) is 0.788. The van der Waals surface area contributed by atoms with Crippen LogP contribution >= 0.6 is 11.6 Å². The predicted octanol–water partition coefficient (Wildman–Crippen LogP) is 4.42. The van der Waals surface area contributed by atoms with Gasteiger partial charge in [-0.25, -0.2) is 8.78 Å². The summed E-state index contributed by atoms with van der Waals surface area (Å²) in [5, 5.41) is 9.59. The highest BCUT2D eigenvalue weighted by atomic mass is 35.5. The lowest BCUT2D eigenvalue weighted by atomic mass is 9.89.